The number of amides is 2. The number of pyridine rings is 1. The summed E-state index contributed by atoms with van der Waals surface area (Å²) in [7, 11) is 0. The minimum absolute atomic E-state index is 0.222. The maximum atomic E-state index is 13.1. The van der Waals surface area contributed by atoms with Crippen LogP contribution in [0, 0.1) is 0 Å². The summed E-state index contributed by atoms with van der Waals surface area (Å²) in [5.41, 5.74) is 1.85. The summed E-state index contributed by atoms with van der Waals surface area (Å²) in [6, 6.07) is 9.37. The van der Waals surface area contributed by atoms with Crippen molar-refractivity contribution in [1.82, 2.24) is 15.6 Å². The molecule has 6 nitrogen and oxygen atoms in total. The Hall–Kier alpha value is -2.87. The average Bonchev–Trinajstić information content (AvgIpc) is 3.01. The first-order valence-electron chi connectivity index (χ1n) is 8.12. The van der Waals surface area contributed by atoms with Crippen molar-refractivity contribution in [2.75, 3.05) is 11.9 Å². The van der Waals surface area contributed by atoms with Gasteiger partial charge >= 0.3 is 0 Å². The Morgan fingerprint density at radius 1 is 1.23 bits per heavy atom. The lowest BCUT2D eigenvalue weighted by Crippen LogP contribution is -2.40. The summed E-state index contributed by atoms with van der Waals surface area (Å²) in [5.74, 6) is -3.56. The number of halogens is 2. The molecule has 3 N–H and O–H groups in total. The molecule has 26 heavy (non-hydrogen) atoms. The van der Waals surface area contributed by atoms with Crippen molar-refractivity contribution in [3.8, 4) is 0 Å². The van der Waals surface area contributed by atoms with E-state index in [1.807, 2.05) is 0 Å². The molecule has 3 rings (SSSR count). The number of carbonyl (C=O) groups excluding carboxylic acids is 2. The highest BCUT2D eigenvalue weighted by molar-refractivity contribution is 6.04. The van der Waals surface area contributed by atoms with E-state index in [1.165, 1.54) is 6.20 Å². The van der Waals surface area contributed by atoms with Gasteiger partial charge < -0.3 is 10.6 Å². The lowest BCUT2D eigenvalue weighted by Gasteiger charge is -2.12. The third-order valence-electron chi connectivity index (χ3n) is 4.03. The van der Waals surface area contributed by atoms with Crippen molar-refractivity contribution in [1.29, 1.82) is 0 Å². The van der Waals surface area contributed by atoms with Gasteiger partial charge in [0.05, 0.1) is 18.2 Å². The Morgan fingerprint density at radius 3 is 2.62 bits per heavy atom. The van der Waals surface area contributed by atoms with Crippen molar-refractivity contribution in [3.05, 3.63) is 59.9 Å². The Balaban J connectivity index is 1.50. The molecule has 1 aliphatic heterocycles. The molecule has 1 saturated heterocycles. The summed E-state index contributed by atoms with van der Waals surface area (Å²) in [6.07, 6.45) is 2.57. The van der Waals surface area contributed by atoms with Gasteiger partial charge in [-0.15, -0.1) is 0 Å². The molecule has 1 unspecified atom stereocenters. The molecule has 2 heterocycles. The molecule has 2 aromatic rings. The number of hydrogen-bond acceptors (Lipinski definition) is 4. The highest BCUT2D eigenvalue weighted by Gasteiger charge is 2.42. The Bertz CT molecular complexity index is 782. The summed E-state index contributed by atoms with van der Waals surface area (Å²) in [5, 5.41) is 7.89. The predicted octanol–water partition coefficient (Wildman–Crippen LogP) is 1.95. The zero-order valence-electron chi connectivity index (χ0n) is 13.8. The lowest BCUT2D eigenvalue weighted by atomic mass is 10.1. The highest BCUT2D eigenvalue weighted by Crippen LogP contribution is 2.25. The van der Waals surface area contributed by atoms with E-state index in [0.29, 0.717) is 11.3 Å². The van der Waals surface area contributed by atoms with Gasteiger partial charge in [-0.3, -0.25) is 19.9 Å². The van der Waals surface area contributed by atoms with Crippen LogP contribution in [0.2, 0.25) is 0 Å². The monoisotopic (exact) mass is 360 g/mol. The molecule has 136 valence electrons. The third-order valence-corrected chi connectivity index (χ3v) is 4.03. The van der Waals surface area contributed by atoms with Gasteiger partial charge in [-0.25, -0.2) is 8.78 Å². The first-order valence-corrected chi connectivity index (χ1v) is 8.12. The van der Waals surface area contributed by atoms with E-state index < -0.39 is 30.8 Å². The number of nitrogens with zero attached hydrogens (tertiary/aromatic N) is 1. The van der Waals surface area contributed by atoms with Crippen LogP contribution in [0.5, 0.6) is 0 Å². The van der Waals surface area contributed by atoms with Crippen LogP contribution in [-0.4, -0.2) is 35.3 Å². The number of nitrogens with one attached hydrogen (secondary N) is 3. The van der Waals surface area contributed by atoms with Crippen LogP contribution >= 0.6 is 0 Å². The van der Waals surface area contributed by atoms with Crippen LogP contribution in [0.15, 0.2) is 48.8 Å². The maximum absolute atomic E-state index is 13.1. The number of anilines is 1. The van der Waals surface area contributed by atoms with Gasteiger partial charge in [0.1, 0.15) is 0 Å². The lowest BCUT2D eigenvalue weighted by molar-refractivity contribution is -0.123. The van der Waals surface area contributed by atoms with Crippen LogP contribution in [0.1, 0.15) is 22.3 Å². The fraction of sp³-hybridized carbons (Fsp3) is 0.278. The van der Waals surface area contributed by atoms with Crippen LogP contribution in [0.3, 0.4) is 0 Å². The fourth-order valence-electron chi connectivity index (χ4n) is 2.62. The molecule has 1 aliphatic rings. The number of rotatable bonds is 5. The molecule has 1 fully saturated rings. The molecule has 0 radical (unpaired) electrons. The van der Waals surface area contributed by atoms with Crippen molar-refractivity contribution in [2.24, 2.45) is 0 Å². The van der Waals surface area contributed by atoms with Crippen LogP contribution in [-0.2, 0) is 11.3 Å². The molecule has 0 spiro atoms. The van der Waals surface area contributed by atoms with E-state index in [1.54, 1.807) is 42.6 Å². The zero-order chi connectivity index (χ0) is 18.6. The van der Waals surface area contributed by atoms with E-state index in [2.05, 4.69) is 20.9 Å². The zero-order valence-corrected chi connectivity index (χ0v) is 13.8. The maximum Gasteiger partial charge on any atom is 0.262 e. The summed E-state index contributed by atoms with van der Waals surface area (Å²) < 4.78 is 26.2. The molecule has 2 amide bonds. The molecular formula is C18H18F2N4O2. The predicted molar refractivity (Wildman–Crippen MR) is 91.8 cm³/mol. The van der Waals surface area contributed by atoms with E-state index in [-0.39, 0.29) is 12.5 Å². The summed E-state index contributed by atoms with van der Waals surface area (Å²) >= 11 is 0. The largest absolute Gasteiger partial charge is 0.351 e. The number of alkyl halides is 2. The van der Waals surface area contributed by atoms with E-state index >= 15 is 0 Å². The van der Waals surface area contributed by atoms with Gasteiger partial charge in [-0.05, 0) is 29.8 Å². The van der Waals surface area contributed by atoms with Crippen molar-refractivity contribution in [2.45, 2.75) is 24.9 Å². The third kappa shape index (κ3) is 4.60. The summed E-state index contributed by atoms with van der Waals surface area (Å²) in [4.78, 5) is 27.8. The molecule has 1 aromatic heterocycles. The normalized spacial score (nSPS) is 18.3. The molecule has 1 atom stereocenters. The van der Waals surface area contributed by atoms with Crippen molar-refractivity contribution >= 4 is 17.5 Å². The number of aromatic nitrogens is 1. The minimum atomic E-state index is -2.84. The van der Waals surface area contributed by atoms with Crippen LogP contribution in [0.4, 0.5) is 14.5 Å². The second kappa shape index (κ2) is 7.57. The van der Waals surface area contributed by atoms with Gasteiger partial charge in [0, 0.05) is 31.0 Å². The van der Waals surface area contributed by atoms with Gasteiger partial charge in [0.2, 0.25) is 5.91 Å². The van der Waals surface area contributed by atoms with Gasteiger partial charge in [-0.1, -0.05) is 12.1 Å². The first kappa shape index (κ1) is 17.9. The Kier molecular flexibility index (Phi) is 5.22. The second-order valence-electron chi connectivity index (χ2n) is 6.10. The average molecular weight is 360 g/mol. The van der Waals surface area contributed by atoms with Gasteiger partial charge in [-0.2, -0.15) is 0 Å². The molecule has 0 saturated carbocycles. The second-order valence-corrected chi connectivity index (χ2v) is 6.10. The summed E-state index contributed by atoms with van der Waals surface area (Å²) in [6.45, 7) is -0.254. The SMILES string of the molecule is O=C(Nc1ccc(CNC(=O)C2CC(F)(F)CN2)cc1)c1cccnc1. The van der Waals surface area contributed by atoms with E-state index in [4.69, 9.17) is 0 Å². The topological polar surface area (TPSA) is 83.1 Å². The van der Waals surface area contributed by atoms with Crippen molar-refractivity contribution in [3.63, 3.8) is 0 Å². The molecule has 0 aliphatic carbocycles. The standard InChI is InChI=1S/C18H18F2N4O2/c19-18(20)8-15(23-11-18)17(26)22-9-12-3-5-14(6-4-12)24-16(25)13-2-1-7-21-10-13/h1-7,10,15,23H,8-9,11H2,(H,22,26)(H,24,25). The van der Waals surface area contributed by atoms with Crippen LogP contribution in [0.25, 0.3) is 0 Å². The molecular weight excluding hydrogens is 342 g/mol. The first-order chi connectivity index (χ1) is 12.4. The smallest absolute Gasteiger partial charge is 0.262 e. The minimum Gasteiger partial charge on any atom is -0.351 e. The number of carbonyl (C=O) groups is 2. The van der Waals surface area contributed by atoms with E-state index in [0.717, 1.165) is 5.56 Å². The molecule has 1 aromatic carbocycles. The highest BCUT2D eigenvalue weighted by atomic mass is 19.3. The van der Waals surface area contributed by atoms with Gasteiger partial charge in [0.25, 0.3) is 11.8 Å². The van der Waals surface area contributed by atoms with Crippen molar-refractivity contribution < 1.29 is 18.4 Å². The van der Waals surface area contributed by atoms with Gasteiger partial charge in [0.15, 0.2) is 0 Å². The number of hydrogen-bond donors (Lipinski definition) is 3. The quantitative estimate of drug-likeness (QED) is 0.761. The van der Waals surface area contributed by atoms with Crippen LogP contribution < -0.4 is 16.0 Å². The fourth-order valence-corrected chi connectivity index (χ4v) is 2.62. The Labute approximate surface area is 149 Å². The van der Waals surface area contributed by atoms with E-state index in [9.17, 15) is 18.4 Å². The molecule has 0 bridgehead atoms. The molecule has 8 heteroatoms. The number of benzene rings is 1. The Morgan fingerprint density at radius 2 is 2.00 bits per heavy atom.